The summed E-state index contributed by atoms with van der Waals surface area (Å²) in [4.78, 5) is -0.0671. The number of hydrogen-bond donors (Lipinski definition) is 2. The lowest BCUT2D eigenvalue weighted by Gasteiger charge is -2.13. The third kappa shape index (κ3) is 3.85. The van der Waals surface area contributed by atoms with E-state index in [0.29, 0.717) is 6.61 Å². The van der Waals surface area contributed by atoms with E-state index in [0.717, 1.165) is 12.8 Å². The van der Waals surface area contributed by atoms with E-state index in [1.165, 1.54) is 25.0 Å². The van der Waals surface area contributed by atoms with Crippen molar-refractivity contribution in [3.63, 3.8) is 0 Å². The first-order chi connectivity index (χ1) is 9.50. The second kappa shape index (κ2) is 6.76. The molecule has 0 bridgehead atoms. The highest BCUT2D eigenvalue weighted by Gasteiger charge is 2.21. The number of halogens is 1. The van der Waals surface area contributed by atoms with Gasteiger partial charge in [-0.05, 0) is 25.0 Å². The Hall–Kier alpha value is -0.820. The first-order valence-electron chi connectivity index (χ1n) is 6.66. The minimum Gasteiger partial charge on any atom is -0.398 e. The van der Waals surface area contributed by atoms with Gasteiger partial charge in [0.15, 0.2) is 0 Å². The van der Waals surface area contributed by atoms with E-state index in [1.54, 1.807) is 6.07 Å². The van der Waals surface area contributed by atoms with Crippen molar-refractivity contribution < 1.29 is 13.2 Å². The van der Waals surface area contributed by atoms with Crippen molar-refractivity contribution in [3.05, 3.63) is 23.2 Å². The van der Waals surface area contributed by atoms with Crippen LogP contribution in [0.1, 0.15) is 25.7 Å². The van der Waals surface area contributed by atoms with Gasteiger partial charge in [0.25, 0.3) is 0 Å². The minimum absolute atomic E-state index is 0.0671. The predicted molar refractivity (Wildman–Crippen MR) is 79.3 cm³/mol. The Labute approximate surface area is 124 Å². The molecule has 0 aromatic heterocycles. The van der Waals surface area contributed by atoms with E-state index in [1.807, 2.05) is 0 Å². The Morgan fingerprint density at radius 3 is 2.70 bits per heavy atom. The summed E-state index contributed by atoms with van der Waals surface area (Å²) < 4.78 is 32.3. The molecular weight excluding hydrogens is 300 g/mol. The first-order valence-corrected chi connectivity index (χ1v) is 8.52. The molecular formula is C13H19ClN2O3S. The third-order valence-corrected chi connectivity index (χ3v) is 5.32. The van der Waals surface area contributed by atoms with Crippen LogP contribution >= 0.6 is 11.6 Å². The molecule has 1 aliphatic carbocycles. The number of anilines is 1. The minimum atomic E-state index is -3.70. The van der Waals surface area contributed by atoms with E-state index in [2.05, 4.69) is 4.72 Å². The molecule has 1 fully saturated rings. The van der Waals surface area contributed by atoms with Crippen LogP contribution in [0.3, 0.4) is 0 Å². The van der Waals surface area contributed by atoms with E-state index in [9.17, 15) is 8.42 Å². The third-order valence-electron chi connectivity index (χ3n) is 3.32. The lowest BCUT2D eigenvalue weighted by molar-refractivity contribution is 0.0626. The fourth-order valence-electron chi connectivity index (χ4n) is 2.34. The van der Waals surface area contributed by atoms with Gasteiger partial charge >= 0.3 is 0 Å². The monoisotopic (exact) mass is 318 g/mol. The second-order valence-corrected chi connectivity index (χ2v) is 6.94. The molecule has 0 saturated heterocycles. The molecule has 112 valence electrons. The van der Waals surface area contributed by atoms with Crippen molar-refractivity contribution in [1.82, 2.24) is 4.72 Å². The van der Waals surface area contributed by atoms with Crippen molar-refractivity contribution in [2.75, 3.05) is 18.9 Å². The van der Waals surface area contributed by atoms with E-state index < -0.39 is 10.0 Å². The smallest absolute Gasteiger partial charge is 0.244 e. The molecule has 1 aliphatic rings. The summed E-state index contributed by atoms with van der Waals surface area (Å²) in [6, 6.07) is 4.62. The molecule has 5 nitrogen and oxygen atoms in total. The Balaban J connectivity index is 1.90. The quantitative estimate of drug-likeness (QED) is 0.622. The van der Waals surface area contributed by atoms with Crippen LogP contribution < -0.4 is 10.5 Å². The summed E-state index contributed by atoms with van der Waals surface area (Å²) in [5.41, 5.74) is 5.82. The topological polar surface area (TPSA) is 81.4 Å². The summed E-state index contributed by atoms with van der Waals surface area (Å²) in [7, 11) is -3.70. The van der Waals surface area contributed by atoms with Crippen LogP contribution in [0.4, 0.5) is 5.69 Å². The molecule has 3 N–H and O–H groups in total. The van der Waals surface area contributed by atoms with Gasteiger partial charge in [0.05, 0.1) is 23.4 Å². The molecule has 1 aromatic rings. The number of sulfonamides is 1. The standard InChI is InChI=1S/C13H19ClN2O3S/c14-11-6-3-7-12(15)13(11)20(17,18)16-8-9-19-10-4-1-2-5-10/h3,6-7,10,16H,1-2,4-5,8-9,15H2. The molecule has 1 aromatic carbocycles. The summed E-state index contributed by atoms with van der Waals surface area (Å²) in [6.45, 7) is 0.567. The van der Waals surface area contributed by atoms with Crippen molar-refractivity contribution in [2.24, 2.45) is 0 Å². The molecule has 0 aliphatic heterocycles. The molecule has 0 unspecified atom stereocenters. The van der Waals surface area contributed by atoms with Gasteiger partial charge in [-0.2, -0.15) is 0 Å². The maximum atomic E-state index is 12.1. The van der Waals surface area contributed by atoms with Gasteiger partial charge in [-0.15, -0.1) is 0 Å². The van der Waals surface area contributed by atoms with E-state index in [4.69, 9.17) is 22.1 Å². The molecule has 1 saturated carbocycles. The Bertz CT molecular complexity index is 536. The Kier molecular flexibility index (Phi) is 5.26. The highest BCUT2D eigenvalue weighted by Crippen LogP contribution is 2.26. The summed E-state index contributed by atoms with van der Waals surface area (Å²) >= 11 is 5.90. The second-order valence-electron chi connectivity index (χ2n) is 4.83. The number of nitrogens with one attached hydrogen (secondary N) is 1. The molecule has 2 rings (SSSR count). The molecule has 20 heavy (non-hydrogen) atoms. The van der Waals surface area contributed by atoms with Crippen LogP contribution in [0.15, 0.2) is 23.1 Å². The van der Waals surface area contributed by atoms with Gasteiger partial charge in [0.2, 0.25) is 10.0 Å². The van der Waals surface area contributed by atoms with Crippen molar-refractivity contribution in [2.45, 2.75) is 36.7 Å². The van der Waals surface area contributed by atoms with Crippen molar-refractivity contribution >= 4 is 27.3 Å². The SMILES string of the molecule is Nc1cccc(Cl)c1S(=O)(=O)NCCOC1CCCC1. The van der Waals surface area contributed by atoms with Crippen LogP contribution in [0.25, 0.3) is 0 Å². The van der Waals surface area contributed by atoms with Gasteiger partial charge in [-0.3, -0.25) is 0 Å². The largest absolute Gasteiger partial charge is 0.398 e. The van der Waals surface area contributed by atoms with Crippen LogP contribution in [-0.2, 0) is 14.8 Å². The van der Waals surface area contributed by atoms with Gasteiger partial charge in [0, 0.05) is 6.54 Å². The van der Waals surface area contributed by atoms with Crippen molar-refractivity contribution in [1.29, 1.82) is 0 Å². The average molecular weight is 319 g/mol. The lowest BCUT2D eigenvalue weighted by atomic mass is 10.3. The van der Waals surface area contributed by atoms with Gasteiger partial charge in [-0.1, -0.05) is 30.5 Å². The Morgan fingerprint density at radius 1 is 1.35 bits per heavy atom. The van der Waals surface area contributed by atoms with Gasteiger partial charge < -0.3 is 10.5 Å². The zero-order chi connectivity index (χ0) is 14.6. The fraction of sp³-hybridized carbons (Fsp3) is 0.538. The zero-order valence-corrected chi connectivity index (χ0v) is 12.7. The molecule has 0 amide bonds. The number of nitrogens with two attached hydrogens (primary N) is 1. The van der Waals surface area contributed by atoms with Gasteiger partial charge in [0.1, 0.15) is 4.90 Å². The predicted octanol–water partition coefficient (Wildman–Crippen LogP) is 2.16. The molecule has 0 spiro atoms. The number of benzene rings is 1. The summed E-state index contributed by atoms with van der Waals surface area (Å²) in [6.07, 6.45) is 4.76. The number of nitrogen functional groups attached to an aromatic ring is 1. The van der Waals surface area contributed by atoms with E-state index in [-0.39, 0.29) is 28.3 Å². The molecule has 0 heterocycles. The first kappa shape index (κ1) is 15.6. The Morgan fingerprint density at radius 2 is 2.05 bits per heavy atom. The number of hydrogen-bond acceptors (Lipinski definition) is 4. The molecule has 0 atom stereocenters. The lowest BCUT2D eigenvalue weighted by Crippen LogP contribution is -2.29. The van der Waals surface area contributed by atoms with Crippen LogP contribution in [0, 0.1) is 0 Å². The molecule has 0 radical (unpaired) electrons. The highest BCUT2D eigenvalue weighted by atomic mass is 35.5. The molecule has 7 heteroatoms. The number of rotatable bonds is 6. The van der Waals surface area contributed by atoms with E-state index >= 15 is 0 Å². The maximum absolute atomic E-state index is 12.1. The van der Waals surface area contributed by atoms with Crippen LogP contribution in [0.5, 0.6) is 0 Å². The normalized spacial score (nSPS) is 16.6. The van der Waals surface area contributed by atoms with Gasteiger partial charge in [-0.25, -0.2) is 13.1 Å². The zero-order valence-electron chi connectivity index (χ0n) is 11.1. The fourth-order valence-corrected chi connectivity index (χ4v) is 4.02. The number of ether oxygens (including phenoxy) is 1. The van der Waals surface area contributed by atoms with Crippen molar-refractivity contribution in [3.8, 4) is 0 Å². The highest BCUT2D eigenvalue weighted by molar-refractivity contribution is 7.89. The summed E-state index contributed by atoms with van der Waals surface area (Å²) in [5, 5.41) is 0.120. The van der Waals surface area contributed by atoms with Crippen LogP contribution in [0.2, 0.25) is 5.02 Å². The van der Waals surface area contributed by atoms with Crippen LogP contribution in [-0.4, -0.2) is 27.7 Å². The summed E-state index contributed by atoms with van der Waals surface area (Å²) in [5.74, 6) is 0. The average Bonchev–Trinajstić information content (AvgIpc) is 2.87. The maximum Gasteiger partial charge on any atom is 0.244 e.